The molecule has 1 aromatic rings. The summed E-state index contributed by atoms with van der Waals surface area (Å²) in [4.78, 5) is 19.1. The molecule has 94 valence electrons. The zero-order valence-electron chi connectivity index (χ0n) is 10.4. The third kappa shape index (κ3) is 2.60. The summed E-state index contributed by atoms with van der Waals surface area (Å²) in [5, 5.41) is 0.481. The minimum Gasteiger partial charge on any atom is -0.375 e. The monoisotopic (exact) mass is 253 g/mol. The molecule has 1 saturated heterocycles. The van der Waals surface area contributed by atoms with Crippen LogP contribution < -0.4 is 5.73 Å². The normalized spacial score (nSPS) is 20.6. The Morgan fingerprint density at radius 2 is 2.41 bits per heavy atom. The van der Waals surface area contributed by atoms with Crippen molar-refractivity contribution in [2.24, 2.45) is 5.92 Å². The number of nitrogens with zero attached hydrogens (tertiary/aromatic N) is 2. The molecule has 1 unspecified atom stereocenters. The van der Waals surface area contributed by atoms with Gasteiger partial charge in [-0.3, -0.25) is 4.79 Å². The van der Waals surface area contributed by atoms with Gasteiger partial charge in [0.15, 0.2) is 5.13 Å². The molecule has 0 saturated carbocycles. The van der Waals surface area contributed by atoms with E-state index in [0.29, 0.717) is 15.9 Å². The topological polar surface area (TPSA) is 59.2 Å². The lowest BCUT2D eigenvalue weighted by Gasteiger charge is -2.32. The first-order chi connectivity index (χ1) is 8.11. The van der Waals surface area contributed by atoms with Crippen LogP contribution >= 0.6 is 11.3 Å². The molecule has 0 aliphatic carbocycles. The van der Waals surface area contributed by atoms with Gasteiger partial charge in [-0.1, -0.05) is 24.7 Å². The Morgan fingerprint density at radius 1 is 1.65 bits per heavy atom. The molecule has 1 aromatic heterocycles. The molecule has 0 bridgehead atoms. The Morgan fingerprint density at radius 3 is 3.00 bits per heavy atom. The van der Waals surface area contributed by atoms with E-state index in [1.54, 1.807) is 0 Å². The van der Waals surface area contributed by atoms with Gasteiger partial charge in [-0.05, 0) is 25.7 Å². The number of rotatable bonds is 2. The van der Waals surface area contributed by atoms with Crippen LogP contribution in [0.15, 0.2) is 0 Å². The Balaban J connectivity index is 2.12. The van der Waals surface area contributed by atoms with E-state index < -0.39 is 0 Å². The van der Waals surface area contributed by atoms with E-state index in [1.807, 2.05) is 11.8 Å². The van der Waals surface area contributed by atoms with Crippen LogP contribution in [0.1, 0.15) is 41.6 Å². The number of nitrogens with two attached hydrogens (primary N) is 1. The van der Waals surface area contributed by atoms with Gasteiger partial charge in [0.1, 0.15) is 4.88 Å². The predicted molar refractivity (Wildman–Crippen MR) is 70.2 cm³/mol. The van der Waals surface area contributed by atoms with Gasteiger partial charge < -0.3 is 10.6 Å². The number of likely N-dealkylation sites (tertiary alicyclic amines) is 1. The Kier molecular flexibility index (Phi) is 3.66. The fourth-order valence-corrected chi connectivity index (χ4v) is 3.14. The molecule has 1 aliphatic rings. The molecule has 0 spiro atoms. The largest absolute Gasteiger partial charge is 0.375 e. The first-order valence-corrected chi connectivity index (χ1v) is 6.95. The van der Waals surface area contributed by atoms with Crippen molar-refractivity contribution in [3.8, 4) is 0 Å². The maximum Gasteiger partial charge on any atom is 0.265 e. The number of hydrogen-bond donors (Lipinski definition) is 1. The molecule has 1 atom stereocenters. The van der Waals surface area contributed by atoms with E-state index in [9.17, 15) is 4.79 Å². The second kappa shape index (κ2) is 5.04. The fourth-order valence-electron chi connectivity index (χ4n) is 2.34. The first-order valence-electron chi connectivity index (χ1n) is 6.14. The lowest BCUT2D eigenvalue weighted by Crippen LogP contribution is -2.39. The second-order valence-electron chi connectivity index (χ2n) is 4.63. The Hall–Kier alpha value is -1.10. The quantitative estimate of drug-likeness (QED) is 0.879. The van der Waals surface area contributed by atoms with Gasteiger partial charge >= 0.3 is 0 Å². The summed E-state index contributed by atoms with van der Waals surface area (Å²) in [6, 6.07) is 0. The number of amides is 1. The van der Waals surface area contributed by atoms with E-state index in [-0.39, 0.29) is 5.91 Å². The molecule has 5 heteroatoms. The second-order valence-corrected chi connectivity index (χ2v) is 5.66. The molecule has 1 fully saturated rings. The van der Waals surface area contributed by atoms with Crippen molar-refractivity contribution in [3.05, 3.63) is 10.6 Å². The number of nitrogen functional groups attached to an aromatic ring is 1. The van der Waals surface area contributed by atoms with Gasteiger partial charge in [0.25, 0.3) is 5.91 Å². The van der Waals surface area contributed by atoms with Gasteiger partial charge in [0.2, 0.25) is 0 Å². The first kappa shape index (κ1) is 12.4. The molecule has 17 heavy (non-hydrogen) atoms. The van der Waals surface area contributed by atoms with Crippen LogP contribution in [0.2, 0.25) is 0 Å². The molecular weight excluding hydrogens is 234 g/mol. The summed E-state index contributed by atoms with van der Waals surface area (Å²) in [7, 11) is 0. The smallest absolute Gasteiger partial charge is 0.265 e. The Bertz CT molecular complexity index is 416. The number of aryl methyl sites for hydroxylation is 1. The van der Waals surface area contributed by atoms with Crippen molar-refractivity contribution in [3.63, 3.8) is 0 Å². The number of carbonyl (C=O) groups excluding carboxylic acids is 1. The summed E-state index contributed by atoms with van der Waals surface area (Å²) >= 11 is 1.30. The van der Waals surface area contributed by atoms with Crippen LogP contribution in [0.25, 0.3) is 0 Å². The van der Waals surface area contributed by atoms with Crippen LogP contribution in [-0.2, 0) is 0 Å². The summed E-state index contributed by atoms with van der Waals surface area (Å²) in [6.45, 7) is 5.79. The van der Waals surface area contributed by atoms with Crippen molar-refractivity contribution in [1.82, 2.24) is 9.88 Å². The van der Waals surface area contributed by atoms with Crippen molar-refractivity contribution in [1.29, 1.82) is 0 Å². The van der Waals surface area contributed by atoms with Crippen LogP contribution in [0.4, 0.5) is 5.13 Å². The highest BCUT2D eigenvalue weighted by atomic mass is 32.1. The minimum atomic E-state index is 0.106. The van der Waals surface area contributed by atoms with Crippen molar-refractivity contribution >= 4 is 22.4 Å². The molecular formula is C12H19N3OS. The van der Waals surface area contributed by atoms with Crippen molar-refractivity contribution in [2.45, 2.75) is 33.1 Å². The Labute approximate surface area is 106 Å². The van der Waals surface area contributed by atoms with Crippen molar-refractivity contribution < 1.29 is 4.79 Å². The molecule has 1 amide bonds. The zero-order chi connectivity index (χ0) is 12.4. The number of carbonyl (C=O) groups is 1. The lowest BCUT2D eigenvalue weighted by molar-refractivity contribution is 0.0675. The maximum atomic E-state index is 12.3. The van der Waals surface area contributed by atoms with Crippen LogP contribution in [0.3, 0.4) is 0 Å². The predicted octanol–water partition coefficient (Wildman–Crippen LogP) is 2.30. The third-order valence-electron chi connectivity index (χ3n) is 3.39. The van der Waals surface area contributed by atoms with Crippen molar-refractivity contribution in [2.75, 3.05) is 18.8 Å². The number of aromatic nitrogens is 1. The molecule has 1 aliphatic heterocycles. The van der Waals surface area contributed by atoms with Crippen LogP contribution in [0.5, 0.6) is 0 Å². The number of anilines is 1. The average Bonchev–Trinajstić information content (AvgIpc) is 2.67. The van der Waals surface area contributed by atoms with Gasteiger partial charge in [-0.2, -0.15) is 0 Å². The average molecular weight is 253 g/mol. The zero-order valence-corrected chi connectivity index (χ0v) is 11.2. The molecule has 4 nitrogen and oxygen atoms in total. The van der Waals surface area contributed by atoms with E-state index in [1.165, 1.54) is 17.8 Å². The molecule has 0 radical (unpaired) electrons. The minimum absolute atomic E-state index is 0.106. The van der Waals surface area contributed by atoms with E-state index >= 15 is 0 Å². The number of thiazole rings is 1. The van der Waals surface area contributed by atoms with E-state index in [0.717, 1.165) is 31.6 Å². The summed E-state index contributed by atoms with van der Waals surface area (Å²) < 4.78 is 0. The van der Waals surface area contributed by atoms with Crippen LogP contribution in [-0.4, -0.2) is 28.9 Å². The van der Waals surface area contributed by atoms with Gasteiger partial charge in [-0.25, -0.2) is 4.98 Å². The van der Waals surface area contributed by atoms with Gasteiger partial charge in [0.05, 0.1) is 5.69 Å². The fraction of sp³-hybridized carbons (Fsp3) is 0.667. The molecule has 2 N–H and O–H groups in total. The summed E-state index contributed by atoms with van der Waals surface area (Å²) in [5.74, 6) is 0.758. The maximum absolute atomic E-state index is 12.3. The van der Waals surface area contributed by atoms with Crippen LogP contribution in [0, 0.1) is 12.8 Å². The lowest BCUT2D eigenvalue weighted by atomic mass is 9.95. The highest BCUT2D eigenvalue weighted by Crippen LogP contribution is 2.25. The molecule has 2 rings (SSSR count). The van der Waals surface area contributed by atoms with Gasteiger partial charge in [-0.15, -0.1) is 0 Å². The van der Waals surface area contributed by atoms with Gasteiger partial charge in [0, 0.05) is 13.1 Å². The summed E-state index contributed by atoms with van der Waals surface area (Å²) in [6.07, 6.45) is 3.50. The number of hydrogen-bond acceptors (Lipinski definition) is 4. The third-order valence-corrected chi connectivity index (χ3v) is 4.37. The molecule has 0 aromatic carbocycles. The highest BCUT2D eigenvalue weighted by molar-refractivity contribution is 7.17. The SMILES string of the molecule is CCC1CCCN(C(=O)c2sc(N)nc2C)C1. The standard InChI is InChI=1S/C12H19N3OS/c1-3-9-5-4-6-15(7-9)11(16)10-8(2)14-12(13)17-10/h9H,3-7H2,1-2H3,(H2,13,14). The number of piperidine rings is 1. The molecule has 2 heterocycles. The summed E-state index contributed by atoms with van der Waals surface area (Å²) in [5.41, 5.74) is 6.40. The van der Waals surface area contributed by atoms with E-state index in [2.05, 4.69) is 11.9 Å². The van der Waals surface area contributed by atoms with E-state index in [4.69, 9.17) is 5.73 Å². The highest BCUT2D eigenvalue weighted by Gasteiger charge is 2.26.